The highest BCUT2D eigenvalue weighted by Gasteiger charge is 2.31. The van der Waals surface area contributed by atoms with Gasteiger partial charge in [0, 0.05) is 6.42 Å². The van der Waals surface area contributed by atoms with Crippen LogP contribution in [0.1, 0.15) is 37.8 Å². The van der Waals surface area contributed by atoms with E-state index in [1.165, 1.54) is 49.2 Å². The average molecular weight is 245 g/mol. The van der Waals surface area contributed by atoms with Crippen LogP contribution in [0.15, 0.2) is 18.2 Å². The number of rotatable bonds is 2. The highest BCUT2D eigenvalue weighted by Crippen LogP contribution is 2.38. The highest BCUT2D eigenvalue weighted by atomic mass is 16.5. The minimum absolute atomic E-state index is 0.0213. The van der Waals surface area contributed by atoms with Gasteiger partial charge < -0.3 is 10.1 Å². The van der Waals surface area contributed by atoms with E-state index in [9.17, 15) is 0 Å². The summed E-state index contributed by atoms with van der Waals surface area (Å²) in [6, 6.07) is 6.66. The molecule has 1 aromatic carbocycles. The van der Waals surface area contributed by atoms with E-state index in [0.29, 0.717) is 0 Å². The van der Waals surface area contributed by atoms with E-state index in [1.54, 1.807) is 0 Å². The smallest absolute Gasteiger partial charge is 0.126 e. The van der Waals surface area contributed by atoms with Crippen LogP contribution in [0.25, 0.3) is 0 Å². The van der Waals surface area contributed by atoms with Crippen molar-refractivity contribution in [2.24, 2.45) is 5.92 Å². The fourth-order valence-electron chi connectivity index (χ4n) is 3.24. The molecule has 98 valence electrons. The summed E-state index contributed by atoms with van der Waals surface area (Å²) in [5.41, 5.74) is 2.79. The van der Waals surface area contributed by atoms with Crippen LogP contribution in [0.4, 0.5) is 0 Å². The first-order valence-corrected chi connectivity index (χ1v) is 7.14. The van der Waals surface area contributed by atoms with Gasteiger partial charge in [0.1, 0.15) is 11.4 Å². The minimum Gasteiger partial charge on any atom is -0.487 e. The Balaban J connectivity index is 1.79. The zero-order valence-electron chi connectivity index (χ0n) is 11.5. The number of ether oxygens (including phenoxy) is 1. The average Bonchev–Trinajstić information content (AvgIpc) is 2.66. The van der Waals surface area contributed by atoms with E-state index >= 15 is 0 Å². The van der Waals surface area contributed by atoms with Crippen LogP contribution in [0.2, 0.25) is 0 Å². The maximum absolute atomic E-state index is 6.15. The van der Waals surface area contributed by atoms with Gasteiger partial charge in [-0.3, -0.25) is 0 Å². The SMILES string of the molecule is CC1(C)Cc2cccc(CC3CCNCC3)c2O1. The molecule has 1 fully saturated rings. The Kier molecular flexibility index (Phi) is 3.06. The van der Waals surface area contributed by atoms with E-state index in [0.717, 1.165) is 12.3 Å². The summed E-state index contributed by atoms with van der Waals surface area (Å²) in [5, 5.41) is 3.43. The van der Waals surface area contributed by atoms with Crippen molar-refractivity contribution in [1.29, 1.82) is 0 Å². The van der Waals surface area contributed by atoms with E-state index in [1.807, 2.05) is 0 Å². The second-order valence-electron chi connectivity index (χ2n) is 6.34. The predicted molar refractivity (Wildman–Crippen MR) is 74.2 cm³/mol. The van der Waals surface area contributed by atoms with Gasteiger partial charge in [-0.1, -0.05) is 18.2 Å². The Labute approximate surface area is 110 Å². The van der Waals surface area contributed by atoms with Crippen LogP contribution in [0.5, 0.6) is 5.75 Å². The van der Waals surface area contributed by atoms with Crippen molar-refractivity contribution >= 4 is 0 Å². The molecule has 0 amide bonds. The summed E-state index contributed by atoms with van der Waals surface area (Å²) < 4.78 is 6.15. The summed E-state index contributed by atoms with van der Waals surface area (Å²) in [4.78, 5) is 0. The van der Waals surface area contributed by atoms with E-state index in [2.05, 4.69) is 37.4 Å². The van der Waals surface area contributed by atoms with Crippen molar-refractivity contribution in [1.82, 2.24) is 5.32 Å². The third kappa shape index (κ3) is 2.39. The van der Waals surface area contributed by atoms with Gasteiger partial charge in [-0.05, 0) is 63.2 Å². The van der Waals surface area contributed by atoms with Crippen molar-refractivity contribution in [2.45, 2.75) is 45.1 Å². The van der Waals surface area contributed by atoms with E-state index in [4.69, 9.17) is 4.74 Å². The van der Waals surface area contributed by atoms with Gasteiger partial charge in [0.25, 0.3) is 0 Å². The molecule has 0 spiro atoms. The molecule has 1 N–H and O–H groups in total. The molecule has 1 aromatic rings. The molecule has 0 unspecified atom stereocenters. The van der Waals surface area contributed by atoms with Crippen LogP contribution in [0.3, 0.4) is 0 Å². The van der Waals surface area contributed by atoms with Crippen molar-refractivity contribution in [3.8, 4) is 5.75 Å². The largest absolute Gasteiger partial charge is 0.487 e. The number of hydrogen-bond acceptors (Lipinski definition) is 2. The molecule has 0 aliphatic carbocycles. The molecule has 2 aliphatic rings. The lowest BCUT2D eigenvalue weighted by Crippen LogP contribution is -2.29. The number of hydrogen-bond donors (Lipinski definition) is 1. The Bertz CT molecular complexity index is 433. The van der Waals surface area contributed by atoms with Gasteiger partial charge in [0.15, 0.2) is 0 Å². The van der Waals surface area contributed by atoms with Crippen molar-refractivity contribution in [3.63, 3.8) is 0 Å². The molecule has 1 saturated heterocycles. The number of piperidine rings is 1. The minimum atomic E-state index is -0.0213. The second kappa shape index (κ2) is 4.58. The fraction of sp³-hybridized carbons (Fsp3) is 0.625. The summed E-state index contributed by atoms with van der Waals surface area (Å²) in [6.45, 7) is 6.71. The maximum atomic E-state index is 6.15. The summed E-state index contributed by atoms with van der Waals surface area (Å²) >= 11 is 0. The van der Waals surface area contributed by atoms with Gasteiger partial charge >= 0.3 is 0 Å². The number of nitrogens with one attached hydrogen (secondary N) is 1. The van der Waals surface area contributed by atoms with Crippen molar-refractivity contribution in [2.75, 3.05) is 13.1 Å². The van der Waals surface area contributed by atoms with Crippen LogP contribution >= 0.6 is 0 Å². The Hall–Kier alpha value is -1.02. The zero-order valence-corrected chi connectivity index (χ0v) is 11.5. The normalized spacial score (nSPS) is 22.6. The quantitative estimate of drug-likeness (QED) is 0.865. The monoisotopic (exact) mass is 245 g/mol. The lowest BCUT2D eigenvalue weighted by molar-refractivity contribution is 0.136. The van der Waals surface area contributed by atoms with Crippen LogP contribution in [-0.4, -0.2) is 18.7 Å². The molecular weight excluding hydrogens is 222 g/mol. The second-order valence-corrected chi connectivity index (χ2v) is 6.34. The maximum Gasteiger partial charge on any atom is 0.126 e. The lowest BCUT2D eigenvalue weighted by Gasteiger charge is -2.24. The Morgan fingerprint density at radius 3 is 2.83 bits per heavy atom. The molecule has 2 aliphatic heterocycles. The van der Waals surface area contributed by atoms with Crippen LogP contribution in [-0.2, 0) is 12.8 Å². The summed E-state index contributed by atoms with van der Waals surface area (Å²) in [7, 11) is 0. The third-order valence-electron chi connectivity index (χ3n) is 4.14. The van der Waals surface area contributed by atoms with E-state index < -0.39 is 0 Å². The third-order valence-corrected chi connectivity index (χ3v) is 4.14. The number of para-hydroxylation sites is 1. The lowest BCUT2D eigenvalue weighted by atomic mass is 9.89. The van der Waals surface area contributed by atoms with Gasteiger partial charge in [0.2, 0.25) is 0 Å². The molecule has 0 saturated carbocycles. The first-order chi connectivity index (χ1) is 8.64. The predicted octanol–water partition coefficient (Wildman–Crippen LogP) is 2.94. The van der Waals surface area contributed by atoms with Gasteiger partial charge in [-0.2, -0.15) is 0 Å². The van der Waals surface area contributed by atoms with Gasteiger partial charge in [0.05, 0.1) is 0 Å². The summed E-state index contributed by atoms with van der Waals surface area (Å²) in [5.74, 6) is 2.01. The first-order valence-electron chi connectivity index (χ1n) is 7.14. The van der Waals surface area contributed by atoms with E-state index in [-0.39, 0.29) is 5.60 Å². The molecular formula is C16H23NO. The first kappa shape index (κ1) is 12.0. The molecule has 0 radical (unpaired) electrons. The molecule has 2 nitrogen and oxygen atoms in total. The standard InChI is InChI=1S/C16H23NO/c1-16(2)11-14-5-3-4-13(15(14)18-16)10-12-6-8-17-9-7-12/h3-5,12,17H,6-11H2,1-2H3. The Morgan fingerprint density at radius 2 is 2.06 bits per heavy atom. The van der Waals surface area contributed by atoms with Gasteiger partial charge in [-0.15, -0.1) is 0 Å². The van der Waals surface area contributed by atoms with Crippen LogP contribution in [0, 0.1) is 5.92 Å². The summed E-state index contributed by atoms with van der Waals surface area (Å²) in [6.07, 6.45) is 4.82. The van der Waals surface area contributed by atoms with Crippen molar-refractivity contribution < 1.29 is 4.74 Å². The number of fused-ring (bicyclic) bond motifs is 1. The molecule has 0 atom stereocenters. The topological polar surface area (TPSA) is 21.3 Å². The zero-order chi connectivity index (χ0) is 12.6. The molecule has 18 heavy (non-hydrogen) atoms. The molecule has 2 heterocycles. The van der Waals surface area contributed by atoms with Crippen LogP contribution < -0.4 is 10.1 Å². The molecule has 0 bridgehead atoms. The Morgan fingerprint density at radius 1 is 1.28 bits per heavy atom. The van der Waals surface area contributed by atoms with Gasteiger partial charge in [-0.25, -0.2) is 0 Å². The highest BCUT2D eigenvalue weighted by molar-refractivity contribution is 5.46. The molecule has 3 rings (SSSR count). The van der Waals surface area contributed by atoms with Crippen molar-refractivity contribution in [3.05, 3.63) is 29.3 Å². The fourth-order valence-corrected chi connectivity index (χ4v) is 3.24. The molecule has 0 aromatic heterocycles. The number of benzene rings is 1. The molecule has 2 heteroatoms.